The first-order valence-electron chi connectivity index (χ1n) is 3.74. The van der Waals surface area contributed by atoms with Crippen molar-refractivity contribution in [3.63, 3.8) is 0 Å². The maximum Gasteiger partial charge on any atom is 0.197 e. The largest absolute Gasteiger partial charge is 0.352 e. The topological polar surface area (TPSA) is 24.4 Å². The van der Waals surface area contributed by atoms with E-state index in [4.69, 9.17) is 34.8 Å². The summed E-state index contributed by atoms with van der Waals surface area (Å²) in [7, 11) is 0. The van der Waals surface area contributed by atoms with E-state index < -0.39 is 0 Å². The van der Waals surface area contributed by atoms with Crippen LogP contribution in [0.1, 0.15) is 12.8 Å². The molecular weight excluding hydrogens is 218 g/mol. The maximum absolute atomic E-state index is 5.95. The number of nitrogens with zero attached hydrogens (tertiary/aromatic N) is 1. The molecule has 0 bridgehead atoms. The number of hydrogen-bond donors (Lipinski definition) is 1. The fourth-order valence-electron chi connectivity index (χ4n) is 1.25. The summed E-state index contributed by atoms with van der Waals surface area (Å²) in [6.07, 6.45) is 2.37. The smallest absolute Gasteiger partial charge is 0.197 e. The number of amidine groups is 1. The van der Waals surface area contributed by atoms with Gasteiger partial charge in [-0.05, 0) is 30.4 Å². The van der Waals surface area contributed by atoms with Crippen LogP contribution in [0.4, 0.5) is 0 Å². The molecule has 0 spiro atoms. The number of nitrogens with one attached hydrogen (secondary N) is 1. The Morgan fingerprint density at radius 1 is 1.25 bits per heavy atom. The summed E-state index contributed by atoms with van der Waals surface area (Å²) in [5.41, 5.74) is 0. The van der Waals surface area contributed by atoms with Gasteiger partial charge in [0.15, 0.2) is 5.29 Å². The lowest BCUT2D eigenvalue weighted by Gasteiger charge is -2.21. The van der Waals surface area contributed by atoms with Crippen LogP contribution < -0.4 is 5.32 Å². The van der Waals surface area contributed by atoms with Gasteiger partial charge in [0.25, 0.3) is 0 Å². The van der Waals surface area contributed by atoms with E-state index >= 15 is 0 Å². The average Bonchev–Trinajstić information content (AvgIpc) is 2.79. The number of aliphatic imine (C=N–C) groups is 1. The van der Waals surface area contributed by atoms with Crippen molar-refractivity contribution in [2.45, 2.75) is 18.9 Å². The van der Waals surface area contributed by atoms with Crippen molar-refractivity contribution >= 4 is 40.1 Å². The van der Waals surface area contributed by atoms with Gasteiger partial charge in [-0.2, -0.15) is 0 Å². The van der Waals surface area contributed by atoms with Crippen LogP contribution in [0.2, 0.25) is 0 Å². The van der Waals surface area contributed by atoms with E-state index in [-0.39, 0.29) is 6.04 Å². The molecule has 0 radical (unpaired) electrons. The van der Waals surface area contributed by atoms with Gasteiger partial charge >= 0.3 is 0 Å². The van der Waals surface area contributed by atoms with E-state index in [0.29, 0.717) is 21.4 Å². The summed E-state index contributed by atoms with van der Waals surface area (Å²) in [5, 5.41) is 4.24. The second kappa shape index (κ2) is 3.09. The molecule has 2 aliphatic rings. The van der Waals surface area contributed by atoms with Crippen molar-refractivity contribution < 1.29 is 0 Å². The Kier molecular flexibility index (Phi) is 2.23. The predicted molar refractivity (Wildman–Crippen MR) is 51.7 cm³/mol. The second-order valence-corrected chi connectivity index (χ2v) is 4.12. The molecule has 5 heteroatoms. The number of rotatable bonds is 1. The van der Waals surface area contributed by atoms with Crippen molar-refractivity contribution in [2.24, 2.45) is 10.9 Å². The lowest BCUT2D eigenvalue weighted by atomic mass is 10.2. The third kappa shape index (κ3) is 1.56. The number of halogens is 3. The van der Waals surface area contributed by atoms with E-state index in [1.807, 2.05) is 0 Å². The lowest BCUT2D eigenvalue weighted by Crippen LogP contribution is -2.36. The molecular formula is C7H7Cl3N2. The zero-order valence-electron chi connectivity index (χ0n) is 6.15. The van der Waals surface area contributed by atoms with Crippen molar-refractivity contribution in [3.8, 4) is 0 Å². The minimum atomic E-state index is 0.0872. The van der Waals surface area contributed by atoms with Crippen molar-refractivity contribution in [1.82, 2.24) is 5.32 Å². The molecule has 1 aliphatic heterocycles. The van der Waals surface area contributed by atoms with E-state index in [9.17, 15) is 0 Å². The molecule has 1 saturated carbocycles. The SMILES string of the molecule is ClC1=NC(Cl)=C(Cl)C(C2CC2)N1. The van der Waals surface area contributed by atoms with Crippen molar-refractivity contribution in [3.05, 3.63) is 10.2 Å². The van der Waals surface area contributed by atoms with Crippen molar-refractivity contribution in [2.75, 3.05) is 0 Å². The van der Waals surface area contributed by atoms with Gasteiger partial charge in [0.1, 0.15) is 5.16 Å². The third-order valence-corrected chi connectivity index (χ3v) is 3.03. The first-order chi connectivity index (χ1) is 5.68. The molecule has 1 aliphatic carbocycles. The fourth-order valence-corrected chi connectivity index (χ4v) is 1.97. The Bertz CT molecular complexity index is 268. The van der Waals surface area contributed by atoms with Gasteiger partial charge in [0.2, 0.25) is 0 Å². The van der Waals surface area contributed by atoms with Gasteiger partial charge in [-0.3, -0.25) is 0 Å². The maximum atomic E-state index is 5.95. The monoisotopic (exact) mass is 224 g/mol. The molecule has 1 unspecified atom stereocenters. The number of hydrogen-bond acceptors (Lipinski definition) is 2. The normalized spacial score (nSPS) is 29.9. The van der Waals surface area contributed by atoms with E-state index in [0.717, 1.165) is 0 Å². The molecule has 1 atom stereocenters. The molecule has 66 valence electrons. The molecule has 0 aromatic heterocycles. The predicted octanol–water partition coefficient (Wildman–Crippen LogP) is 2.61. The molecule has 1 N–H and O–H groups in total. The van der Waals surface area contributed by atoms with Crippen molar-refractivity contribution in [1.29, 1.82) is 0 Å². The summed E-state index contributed by atoms with van der Waals surface area (Å²) in [4.78, 5) is 3.81. The molecule has 2 rings (SSSR count). The Morgan fingerprint density at radius 2 is 1.92 bits per heavy atom. The Balaban J connectivity index is 2.23. The molecule has 0 aromatic carbocycles. The van der Waals surface area contributed by atoms with Crippen LogP contribution in [0.5, 0.6) is 0 Å². The lowest BCUT2D eigenvalue weighted by molar-refractivity contribution is 0.627. The third-order valence-electron chi connectivity index (χ3n) is 2.03. The van der Waals surface area contributed by atoms with Crippen LogP contribution in [-0.4, -0.2) is 11.3 Å². The van der Waals surface area contributed by atoms with Crippen LogP contribution in [0.3, 0.4) is 0 Å². The zero-order chi connectivity index (χ0) is 8.72. The summed E-state index contributed by atoms with van der Waals surface area (Å²) in [5.74, 6) is 0.579. The Labute approximate surface area is 85.6 Å². The van der Waals surface area contributed by atoms with Gasteiger partial charge in [0.05, 0.1) is 11.1 Å². The highest BCUT2D eigenvalue weighted by Crippen LogP contribution is 2.39. The summed E-state index contributed by atoms with van der Waals surface area (Å²) >= 11 is 17.4. The first kappa shape index (κ1) is 8.67. The van der Waals surface area contributed by atoms with Crippen LogP contribution >= 0.6 is 34.8 Å². The second-order valence-electron chi connectivity index (χ2n) is 3.00. The molecule has 0 amide bonds. The standard InChI is InChI=1S/C7H7Cl3N2/c8-4-5(3-1-2-3)11-7(10)12-6(4)9/h3,5H,1-2H2,(H,11,12). The first-order valence-corrected chi connectivity index (χ1v) is 4.88. The van der Waals surface area contributed by atoms with Crippen LogP contribution in [0, 0.1) is 5.92 Å². The van der Waals surface area contributed by atoms with Gasteiger partial charge in [-0.25, -0.2) is 4.99 Å². The van der Waals surface area contributed by atoms with E-state index in [1.165, 1.54) is 12.8 Å². The molecule has 12 heavy (non-hydrogen) atoms. The van der Waals surface area contributed by atoms with Crippen LogP contribution in [0.25, 0.3) is 0 Å². The summed E-state index contributed by atoms with van der Waals surface area (Å²) < 4.78 is 0. The quantitative estimate of drug-likeness (QED) is 0.682. The summed E-state index contributed by atoms with van der Waals surface area (Å²) in [6.45, 7) is 0. The average molecular weight is 226 g/mol. The van der Waals surface area contributed by atoms with Gasteiger partial charge in [-0.15, -0.1) is 0 Å². The van der Waals surface area contributed by atoms with E-state index in [1.54, 1.807) is 0 Å². The Morgan fingerprint density at radius 3 is 2.50 bits per heavy atom. The molecule has 0 aromatic rings. The molecule has 2 nitrogen and oxygen atoms in total. The highest BCUT2D eigenvalue weighted by molar-refractivity contribution is 6.65. The zero-order valence-corrected chi connectivity index (χ0v) is 8.42. The molecule has 1 fully saturated rings. The molecule has 0 saturated heterocycles. The summed E-state index contributed by atoms with van der Waals surface area (Å²) in [6, 6.07) is 0.0872. The van der Waals surface area contributed by atoms with Crippen LogP contribution in [0.15, 0.2) is 15.2 Å². The Hall–Kier alpha value is 0.0800. The van der Waals surface area contributed by atoms with Gasteiger partial charge < -0.3 is 5.32 Å². The van der Waals surface area contributed by atoms with Gasteiger partial charge in [-0.1, -0.05) is 23.2 Å². The minimum absolute atomic E-state index is 0.0872. The van der Waals surface area contributed by atoms with Gasteiger partial charge in [0, 0.05) is 0 Å². The minimum Gasteiger partial charge on any atom is -0.352 e. The molecule has 1 heterocycles. The van der Waals surface area contributed by atoms with E-state index in [2.05, 4.69) is 10.3 Å². The fraction of sp³-hybridized carbons (Fsp3) is 0.571. The van der Waals surface area contributed by atoms with Crippen LogP contribution in [-0.2, 0) is 0 Å². The highest BCUT2D eigenvalue weighted by Gasteiger charge is 2.36. The highest BCUT2D eigenvalue weighted by atomic mass is 35.5.